The molecule has 2 aromatic rings. The summed E-state index contributed by atoms with van der Waals surface area (Å²) in [5.41, 5.74) is 0.263. The molecule has 17 heavy (non-hydrogen) atoms. The van der Waals surface area contributed by atoms with Crippen molar-refractivity contribution in [3.63, 3.8) is 0 Å². The number of ether oxygens (including phenoxy) is 1. The fourth-order valence-electron chi connectivity index (χ4n) is 1.52. The molecule has 0 amide bonds. The minimum Gasteiger partial charge on any atom is -0.496 e. The van der Waals surface area contributed by atoms with Crippen molar-refractivity contribution in [3.05, 3.63) is 59.7 Å². The molecule has 0 aliphatic rings. The third-order valence-electron chi connectivity index (χ3n) is 2.36. The second-order valence-corrected chi connectivity index (χ2v) is 3.38. The summed E-state index contributed by atoms with van der Waals surface area (Å²) in [6, 6.07) is 7.84. The Morgan fingerprint density at radius 2 is 2.00 bits per heavy atom. The van der Waals surface area contributed by atoms with Gasteiger partial charge in [0.1, 0.15) is 11.6 Å². The van der Waals surface area contributed by atoms with Gasteiger partial charge in [-0.25, -0.2) is 4.39 Å². The summed E-state index contributed by atoms with van der Waals surface area (Å²) in [7, 11) is 1.46. The lowest BCUT2D eigenvalue weighted by atomic mass is 10.0. The topological polar surface area (TPSA) is 39.2 Å². The maximum absolute atomic E-state index is 13.5. The van der Waals surface area contributed by atoms with Gasteiger partial charge in [-0.05, 0) is 18.2 Å². The van der Waals surface area contributed by atoms with Crippen molar-refractivity contribution in [1.29, 1.82) is 0 Å². The van der Waals surface area contributed by atoms with Gasteiger partial charge >= 0.3 is 0 Å². The molecule has 4 heteroatoms. The van der Waals surface area contributed by atoms with E-state index < -0.39 is 11.6 Å². The average Bonchev–Trinajstić information content (AvgIpc) is 2.38. The number of pyridine rings is 1. The van der Waals surface area contributed by atoms with Gasteiger partial charge in [-0.15, -0.1) is 0 Å². The van der Waals surface area contributed by atoms with Crippen LogP contribution in [0.5, 0.6) is 5.75 Å². The van der Waals surface area contributed by atoms with Gasteiger partial charge in [-0.1, -0.05) is 12.1 Å². The number of hydrogen-bond donors (Lipinski definition) is 0. The molecule has 0 saturated carbocycles. The molecule has 0 aliphatic carbocycles. The molecular formula is C13H10FNO2. The van der Waals surface area contributed by atoms with E-state index in [2.05, 4.69) is 4.98 Å². The highest BCUT2D eigenvalue weighted by Crippen LogP contribution is 2.21. The van der Waals surface area contributed by atoms with Crippen molar-refractivity contribution in [2.75, 3.05) is 7.11 Å². The average molecular weight is 231 g/mol. The van der Waals surface area contributed by atoms with Crippen LogP contribution in [0.1, 0.15) is 15.9 Å². The van der Waals surface area contributed by atoms with Crippen LogP contribution in [0.25, 0.3) is 0 Å². The van der Waals surface area contributed by atoms with Crippen LogP contribution in [-0.2, 0) is 0 Å². The van der Waals surface area contributed by atoms with E-state index in [1.165, 1.54) is 19.5 Å². The summed E-state index contributed by atoms with van der Waals surface area (Å²) >= 11 is 0. The number of para-hydroxylation sites is 1. The molecular weight excluding hydrogens is 221 g/mol. The van der Waals surface area contributed by atoms with Crippen LogP contribution in [-0.4, -0.2) is 17.9 Å². The molecule has 0 unspecified atom stereocenters. The molecule has 1 aromatic heterocycles. The number of carbonyl (C=O) groups excluding carboxylic acids is 1. The molecule has 0 N–H and O–H groups in total. The lowest BCUT2D eigenvalue weighted by molar-refractivity contribution is 0.103. The van der Waals surface area contributed by atoms with Crippen LogP contribution in [0.3, 0.4) is 0 Å². The number of hydrogen-bond acceptors (Lipinski definition) is 3. The zero-order valence-electron chi connectivity index (χ0n) is 9.18. The Hall–Kier alpha value is -2.23. The summed E-state index contributed by atoms with van der Waals surface area (Å²) in [6.07, 6.45) is 2.51. The smallest absolute Gasteiger partial charge is 0.201 e. The molecule has 0 fully saturated rings. The van der Waals surface area contributed by atoms with E-state index in [-0.39, 0.29) is 5.56 Å². The van der Waals surface area contributed by atoms with E-state index in [0.717, 1.165) is 6.07 Å². The van der Waals surface area contributed by atoms with E-state index in [1.54, 1.807) is 24.3 Å². The van der Waals surface area contributed by atoms with Crippen LogP contribution in [0.2, 0.25) is 0 Å². The summed E-state index contributed by atoms with van der Waals surface area (Å²) in [6.45, 7) is 0. The predicted octanol–water partition coefficient (Wildman–Crippen LogP) is 2.46. The molecule has 0 radical (unpaired) electrons. The first-order valence-corrected chi connectivity index (χ1v) is 5.01. The summed E-state index contributed by atoms with van der Waals surface area (Å²) in [5, 5.41) is 0. The van der Waals surface area contributed by atoms with Gasteiger partial charge < -0.3 is 4.74 Å². The van der Waals surface area contributed by atoms with Crippen molar-refractivity contribution >= 4 is 5.78 Å². The number of carbonyl (C=O) groups is 1. The molecule has 0 aliphatic heterocycles. The fraction of sp³-hybridized carbons (Fsp3) is 0.0769. The highest BCUT2D eigenvalue weighted by molar-refractivity contribution is 6.10. The van der Waals surface area contributed by atoms with Gasteiger partial charge in [0.2, 0.25) is 5.78 Å². The normalized spacial score (nSPS) is 10.0. The quantitative estimate of drug-likeness (QED) is 0.762. The molecule has 0 saturated heterocycles. The Morgan fingerprint density at radius 1 is 1.24 bits per heavy atom. The monoisotopic (exact) mass is 231 g/mol. The first kappa shape index (κ1) is 11.3. The van der Waals surface area contributed by atoms with Crippen LogP contribution < -0.4 is 4.74 Å². The van der Waals surface area contributed by atoms with Crippen molar-refractivity contribution in [2.45, 2.75) is 0 Å². The Balaban J connectivity index is 2.48. The highest BCUT2D eigenvalue weighted by atomic mass is 19.1. The second-order valence-electron chi connectivity index (χ2n) is 3.38. The first-order chi connectivity index (χ1) is 8.24. The predicted molar refractivity (Wildman–Crippen MR) is 60.6 cm³/mol. The van der Waals surface area contributed by atoms with E-state index in [4.69, 9.17) is 4.74 Å². The van der Waals surface area contributed by atoms with E-state index >= 15 is 0 Å². The third kappa shape index (κ3) is 2.15. The van der Waals surface area contributed by atoms with E-state index in [1.807, 2.05) is 0 Å². The van der Waals surface area contributed by atoms with Gasteiger partial charge in [0.15, 0.2) is 0 Å². The van der Waals surface area contributed by atoms with Crippen molar-refractivity contribution in [3.8, 4) is 5.75 Å². The zero-order chi connectivity index (χ0) is 12.3. The number of aromatic nitrogens is 1. The molecule has 3 nitrogen and oxygen atoms in total. The standard InChI is InChI=1S/C13H10FNO2/c1-17-12-5-3-2-4-9(12)13(16)10-8-15-7-6-11(10)14/h2-8H,1H3. The summed E-state index contributed by atoms with van der Waals surface area (Å²) in [4.78, 5) is 15.8. The minimum atomic E-state index is -0.587. The largest absolute Gasteiger partial charge is 0.496 e. The third-order valence-corrected chi connectivity index (χ3v) is 2.36. The maximum Gasteiger partial charge on any atom is 0.201 e. The van der Waals surface area contributed by atoms with E-state index in [9.17, 15) is 9.18 Å². The molecule has 1 aromatic carbocycles. The van der Waals surface area contributed by atoms with Crippen molar-refractivity contribution in [1.82, 2.24) is 4.98 Å². The maximum atomic E-state index is 13.5. The van der Waals surface area contributed by atoms with Gasteiger partial charge in [0.25, 0.3) is 0 Å². The number of halogens is 1. The Morgan fingerprint density at radius 3 is 2.71 bits per heavy atom. The molecule has 0 bridgehead atoms. The second kappa shape index (κ2) is 4.74. The van der Waals surface area contributed by atoms with Crippen molar-refractivity contribution < 1.29 is 13.9 Å². The van der Waals surface area contributed by atoms with Crippen LogP contribution >= 0.6 is 0 Å². The summed E-state index contributed by atoms with van der Waals surface area (Å²) < 4.78 is 18.5. The van der Waals surface area contributed by atoms with Gasteiger partial charge in [0.05, 0.1) is 18.2 Å². The fourth-order valence-corrected chi connectivity index (χ4v) is 1.52. The Bertz CT molecular complexity index is 555. The highest BCUT2D eigenvalue weighted by Gasteiger charge is 2.17. The number of methoxy groups -OCH3 is 1. The van der Waals surface area contributed by atoms with Crippen LogP contribution in [0.15, 0.2) is 42.7 Å². The van der Waals surface area contributed by atoms with Gasteiger partial charge in [0, 0.05) is 12.4 Å². The van der Waals surface area contributed by atoms with Crippen LogP contribution in [0, 0.1) is 5.82 Å². The number of rotatable bonds is 3. The van der Waals surface area contributed by atoms with Crippen LogP contribution in [0.4, 0.5) is 4.39 Å². The lowest BCUT2D eigenvalue weighted by Gasteiger charge is -2.07. The lowest BCUT2D eigenvalue weighted by Crippen LogP contribution is -2.06. The first-order valence-electron chi connectivity index (χ1n) is 5.01. The van der Waals surface area contributed by atoms with E-state index in [0.29, 0.717) is 11.3 Å². The zero-order valence-corrected chi connectivity index (χ0v) is 9.18. The van der Waals surface area contributed by atoms with Crippen molar-refractivity contribution in [2.24, 2.45) is 0 Å². The number of nitrogens with zero attached hydrogens (tertiary/aromatic N) is 1. The Labute approximate surface area is 97.9 Å². The molecule has 2 rings (SSSR count). The number of ketones is 1. The minimum absolute atomic E-state index is 0.0583. The van der Waals surface area contributed by atoms with Gasteiger partial charge in [-0.2, -0.15) is 0 Å². The number of benzene rings is 1. The Kier molecular flexibility index (Phi) is 3.14. The molecule has 86 valence electrons. The van der Waals surface area contributed by atoms with Gasteiger partial charge in [-0.3, -0.25) is 9.78 Å². The molecule has 0 atom stereocenters. The molecule has 1 heterocycles. The molecule has 0 spiro atoms. The summed E-state index contributed by atoms with van der Waals surface area (Å²) in [5.74, 6) is -0.607. The SMILES string of the molecule is COc1ccccc1C(=O)c1cnccc1F.